The van der Waals surface area contributed by atoms with E-state index in [0.29, 0.717) is 35.4 Å². The van der Waals surface area contributed by atoms with E-state index in [0.717, 1.165) is 44.4 Å². The summed E-state index contributed by atoms with van der Waals surface area (Å²) in [7, 11) is 0. The highest BCUT2D eigenvalue weighted by atomic mass is 16.3. The molecule has 2 nitrogen and oxygen atoms in total. The average Bonchev–Trinajstić information content (AvgIpc) is 3.42. The lowest BCUT2D eigenvalue weighted by Crippen LogP contribution is -2.57. The lowest BCUT2D eigenvalue weighted by atomic mass is 9.44. The fraction of sp³-hybridized carbons (Fsp3) is 0.897. The third-order valence-corrected chi connectivity index (χ3v) is 11.4. The molecule has 1 spiro atoms. The molecular formula is C29H46O2. The minimum atomic E-state index is -0.178. The number of aliphatic hydroxyl groups excluding tert-OH is 1. The molecule has 1 N–H and O–H groups in total. The zero-order valence-corrected chi connectivity index (χ0v) is 20.8. The molecule has 0 bridgehead atoms. The minimum absolute atomic E-state index is 0.0766. The summed E-state index contributed by atoms with van der Waals surface area (Å²) in [5.74, 6) is 4.63. The van der Waals surface area contributed by atoms with Gasteiger partial charge in [0.15, 0.2) is 0 Å². The van der Waals surface area contributed by atoms with Gasteiger partial charge in [0.1, 0.15) is 5.78 Å². The summed E-state index contributed by atoms with van der Waals surface area (Å²) >= 11 is 0. The Morgan fingerprint density at radius 1 is 1.06 bits per heavy atom. The molecule has 0 heterocycles. The van der Waals surface area contributed by atoms with Gasteiger partial charge in [-0.05, 0) is 91.3 Å². The van der Waals surface area contributed by atoms with Crippen LogP contribution in [0.2, 0.25) is 0 Å². The fourth-order valence-electron chi connectivity index (χ4n) is 9.57. The first-order valence-corrected chi connectivity index (χ1v) is 13.6. The van der Waals surface area contributed by atoms with E-state index in [2.05, 4.69) is 40.7 Å². The van der Waals surface area contributed by atoms with Gasteiger partial charge in [-0.3, -0.25) is 4.79 Å². The Morgan fingerprint density at radius 2 is 1.81 bits per heavy atom. The van der Waals surface area contributed by atoms with Crippen molar-refractivity contribution in [3.63, 3.8) is 0 Å². The molecule has 0 unspecified atom stereocenters. The molecule has 0 aliphatic heterocycles. The molecule has 0 aromatic rings. The molecule has 5 aliphatic rings. The first kappa shape index (κ1) is 22.2. The summed E-state index contributed by atoms with van der Waals surface area (Å²) in [6.45, 7) is 12.1. The van der Waals surface area contributed by atoms with Crippen molar-refractivity contribution in [1.82, 2.24) is 0 Å². The largest absolute Gasteiger partial charge is 0.393 e. The van der Waals surface area contributed by atoms with Gasteiger partial charge < -0.3 is 5.11 Å². The molecule has 2 heteroatoms. The summed E-state index contributed by atoms with van der Waals surface area (Å²) in [5, 5.41) is 11.7. The third kappa shape index (κ3) is 3.09. The average molecular weight is 427 g/mol. The van der Waals surface area contributed by atoms with Crippen molar-refractivity contribution in [3.8, 4) is 0 Å². The van der Waals surface area contributed by atoms with Crippen molar-refractivity contribution in [3.05, 3.63) is 11.6 Å². The molecule has 4 fully saturated rings. The Hall–Kier alpha value is -0.630. The van der Waals surface area contributed by atoms with Crippen LogP contribution in [0.15, 0.2) is 11.6 Å². The number of allylic oxidation sites excluding steroid dienone is 2. The van der Waals surface area contributed by atoms with Crippen LogP contribution in [0.5, 0.6) is 0 Å². The second kappa shape index (κ2) is 7.44. The van der Waals surface area contributed by atoms with Crippen LogP contribution in [0, 0.1) is 51.8 Å². The summed E-state index contributed by atoms with van der Waals surface area (Å²) in [5.41, 5.74) is 1.66. The number of ketones is 1. The quantitative estimate of drug-likeness (QED) is 0.483. The Morgan fingerprint density at radius 3 is 2.48 bits per heavy atom. The van der Waals surface area contributed by atoms with Gasteiger partial charge >= 0.3 is 0 Å². The van der Waals surface area contributed by atoms with Crippen molar-refractivity contribution >= 4 is 5.78 Å². The number of carbonyl (C=O) groups excluding carboxylic acids is 1. The number of fused-ring (bicyclic) bond motifs is 6. The Kier molecular flexibility index (Phi) is 5.32. The number of aliphatic hydroxyl groups is 1. The summed E-state index contributed by atoms with van der Waals surface area (Å²) in [6.07, 6.45) is 15.0. The first-order valence-electron chi connectivity index (χ1n) is 13.6. The zero-order chi connectivity index (χ0) is 22.2. The van der Waals surface area contributed by atoms with Gasteiger partial charge in [-0.25, -0.2) is 0 Å². The molecule has 0 saturated heterocycles. The monoisotopic (exact) mass is 426 g/mol. The van der Waals surface area contributed by atoms with Crippen LogP contribution in [-0.4, -0.2) is 17.0 Å². The molecule has 0 radical (unpaired) electrons. The summed E-state index contributed by atoms with van der Waals surface area (Å²) < 4.78 is 0. The van der Waals surface area contributed by atoms with Crippen LogP contribution in [0.1, 0.15) is 105 Å². The van der Waals surface area contributed by atoms with E-state index in [1.807, 2.05) is 0 Å². The highest BCUT2D eigenvalue weighted by Gasteiger charge is 2.67. The van der Waals surface area contributed by atoms with Crippen LogP contribution >= 0.6 is 0 Å². The fourth-order valence-corrected chi connectivity index (χ4v) is 9.57. The molecular weight excluding hydrogens is 380 g/mol. The highest BCUT2D eigenvalue weighted by Crippen LogP contribution is 2.72. The second-order valence-electron chi connectivity index (χ2n) is 13.3. The SMILES string of the molecule is CC(C)CCC[C@@H](C)[C@H]1CC[C@H]2[C@@H]3CC=C4C5(CC5)C(=O)CC[C@]4(C)[C@H]3C[C@@H](O)[C@]12C. The molecule has 174 valence electrons. The van der Waals surface area contributed by atoms with E-state index in [1.54, 1.807) is 0 Å². The van der Waals surface area contributed by atoms with Gasteiger partial charge in [-0.15, -0.1) is 0 Å². The van der Waals surface area contributed by atoms with Crippen molar-refractivity contribution in [2.75, 3.05) is 0 Å². The van der Waals surface area contributed by atoms with Gasteiger partial charge in [0.25, 0.3) is 0 Å². The first-order chi connectivity index (χ1) is 14.6. The van der Waals surface area contributed by atoms with Crippen LogP contribution in [0.25, 0.3) is 0 Å². The van der Waals surface area contributed by atoms with E-state index < -0.39 is 0 Å². The number of hydrogen-bond donors (Lipinski definition) is 1. The van der Waals surface area contributed by atoms with Gasteiger partial charge in [0, 0.05) is 6.42 Å². The van der Waals surface area contributed by atoms with E-state index >= 15 is 0 Å². The summed E-state index contributed by atoms with van der Waals surface area (Å²) in [4.78, 5) is 12.8. The standard InChI is InChI=1S/C29H46O2/c1-18(2)7-6-8-19(3)21-10-11-22-20-9-12-24-27(4,14-13-25(30)29(24)15-16-29)23(20)17-26(31)28(21,22)5/h12,18-23,26,31H,6-11,13-17H2,1-5H3/t19-,20+,21-,22+,23+,26-,27-,28-/m1/s1. The second-order valence-corrected chi connectivity index (χ2v) is 13.3. The van der Waals surface area contributed by atoms with Gasteiger partial charge in [-0.2, -0.15) is 0 Å². The Balaban J connectivity index is 1.40. The number of hydrogen-bond acceptors (Lipinski definition) is 2. The van der Waals surface area contributed by atoms with Crippen molar-refractivity contribution < 1.29 is 9.90 Å². The van der Waals surface area contributed by atoms with E-state index in [9.17, 15) is 9.90 Å². The lowest BCUT2D eigenvalue weighted by Gasteiger charge is -2.60. The zero-order valence-electron chi connectivity index (χ0n) is 20.8. The van der Waals surface area contributed by atoms with Gasteiger partial charge in [0.2, 0.25) is 0 Å². The van der Waals surface area contributed by atoms with Gasteiger partial charge in [-0.1, -0.05) is 65.5 Å². The molecule has 5 rings (SSSR count). The van der Waals surface area contributed by atoms with Crippen molar-refractivity contribution in [1.29, 1.82) is 0 Å². The summed E-state index contributed by atoms with van der Waals surface area (Å²) in [6, 6.07) is 0. The maximum atomic E-state index is 12.8. The molecule has 0 aromatic heterocycles. The van der Waals surface area contributed by atoms with Crippen LogP contribution in [-0.2, 0) is 4.79 Å². The smallest absolute Gasteiger partial charge is 0.143 e. The normalized spacial score (nSPS) is 46.4. The Labute approximate surface area is 190 Å². The topological polar surface area (TPSA) is 37.3 Å². The molecule has 5 aliphatic carbocycles. The minimum Gasteiger partial charge on any atom is -0.393 e. The lowest BCUT2D eigenvalue weighted by molar-refractivity contribution is -0.142. The van der Waals surface area contributed by atoms with E-state index in [-0.39, 0.29) is 22.3 Å². The third-order valence-electron chi connectivity index (χ3n) is 11.4. The van der Waals surface area contributed by atoms with Crippen LogP contribution in [0.4, 0.5) is 0 Å². The predicted octanol–water partition coefficient (Wildman–Crippen LogP) is 6.96. The number of carbonyl (C=O) groups is 1. The number of rotatable bonds is 5. The van der Waals surface area contributed by atoms with Crippen LogP contribution < -0.4 is 0 Å². The maximum Gasteiger partial charge on any atom is 0.143 e. The van der Waals surface area contributed by atoms with Gasteiger partial charge in [0.05, 0.1) is 11.5 Å². The van der Waals surface area contributed by atoms with E-state index in [1.165, 1.54) is 37.7 Å². The highest BCUT2D eigenvalue weighted by molar-refractivity contribution is 5.92. The molecule has 0 aromatic carbocycles. The maximum absolute atomic E-state index is 12.8. The Bertz CT molecular complexity index is 761. The molecule has 4 saturated carbocycles. The molecule has 0 amide bonds. The molecule has 31 heavy (non-hydrogen) atoms. The van der Waals surface area contributed by atoms with E-state index in [4.69, 9.17) is 0 Å². The predicted molar refractivity (Wildman–Crippen MR) is 126 cm³/mol. The molecule has 8 atom stereocenters. The van der Waals surface area contributed by atoms with Crippen LogP contribution in [0.3, 0.4) is 0 Å². The van der Waals surface area contributed by atoms with Crippen molar-refractivity contribution in [2.45, 2.75) is 111 Å². The number of Topliss-reactive ketones (excluding diaryl/α,β-unsaturated/α-hetero) is 1. The van der Waals surface area contributed by atoms with Crippen molar-refractivity contribution in [2.24, 2.45) is 51.8 Å².